The molecular weight excluding hydrogens is 284 g/mol. The third kappa shape index (κ3) is 2.30. The molecule has 23 heavy (non-hydrogen) atoms. The highest BCUT2D eigenvalue weighted by Crippen LogP contribution is 2.62. The summed E-state index contributed by atoms with van der Waals surface area (Å²) in [4.78, 5) is 12.7. The summed E-state index contributed by atoms with van der Waals surface area (Å²) in [6, 6.07) is 0. The van der Waals surface area contributed by atoms with Crippen molar-refractivity contribution in [1.82, 2.24) is 0 Å². The van der Waals surface area contributed by atoms with Crippen LogP contribution in [0.25, 0.3) is 0 Å². The summed E-state index contributed by atoms with van der Waals surface area (Å²) in [7, 11) is 0. The summed E-state index contributed by atoms with van der Waals surface area (Å²) in [5, 5.41) is 0. The Morgan fingerprint density at radius 2 is 1.96 bits per heavy atom. The fraction of sp³-hybridized carbons (Fsp3) is 0.952. The second-order valence-corrected chi connectivity index (χ2v) is 9.88. The molecule has 4 aliphatic rings. The quantitative estimate of drug-likeness (QED) is 0.665. The zero-order valence-corrected chi connectivity index (χ0v) is 15.4. The molecule has 0 amide bonds. The molecule has 7 unspecified atom stereocenters. The smallest absolute Gasteiger partial charge is 0.306 e. The van der Waals surface area contributed by atoms with Crippen molar-refractivity contribution in [2.45, 2.75) is 84.7 Å². The lowest BCUT2D eigenvalue weighted by atomic mass is 9.65. The topological polar surface area (TPSA) is 26.3 Å². The van der Waals surface area contributed by atoms with E-state index in [9.17, 15) is 4.79 Å². The van der Waals surface area contributed by atoms with Crippen molar-refractivity contribution in [1.29, 1.82) is 0 Å². The summed E-state index contributed by atoms with van der Waals surface area (Å²) in [5.74, 6) is 4.55. The van der Waals surface area contributed by atoms with Gasteiger partial charge in [-0.05, 0) is 85.9 Å². The first-order valence-corrected chi connectivity index (χ1v) is 10.1. The largest absolute Gasteiger partial charge is 0.459 e. The standard InChI is InChI=1S/C21H34O2/c1-5-21(12-14-6-7-17(21)8-14)23-19(22)11-16-9-15-10-18(16)20(3,4)13(15)2/h13-18H,5-12H2,1-4H3. The SMILES string of the molecule is CCC1(OC(=O)CC2CC3CC2C(C)(C)C3C)CC2CCC1C2. The molecule has 0 aromatic rings. The lowest BCUT2D eigenvalue weighted by Gasteiger charge is -2.41. The average Bonchev–Trinajstić information content (AvgIpc) is 3.22. The van der Waals surface area contributed by atoms with Crippen molar-refractivity contribution in [3.63, 3.8) is 0 Å². The molecule has 2 heteroatoms. The van der Waals surface area contributed by atoms with E-state index in [1.165, 1.54) is 32.1 Å². The molecule has 2 nitrogen and oxygen atoms in total. The summed E-state index contributed by atoms with van der Waals surface area (Å²) in [6.07, 6.45) is 9.38. The van der Waals surface area contributed by atoms with E-state index in [0.29, 0.717) is 23.7 Å². The van der Waals surface area contributed by atoms with Crippen molar-refractivity contribution in [2.75, 3.05) is 0 Å². The van der Waals surface area contributed by atoms with E-state index in [4.69, 9.17) is 4.74 Å². The molecule has 4 fully saturated rings. The van der Waals surface area contributed by atoms with Crippen LogP contribution in [0.1, 0.15) is 79.1 Å². The second-order valence-electron chi connectivity index (χ2n) is 9.88. The van der Waals surface area contributed by atoms with E-state index in [1.807, 2.05) is 0 Å². The van der Waals surface area contributed by atoms with Crippen molar-refractivity contribution in [2.24, 2.45) is 40.9 Å². The van der Waals surface area contributed by atoms with Gasteiger partial charge in [0.05, 0.1) is 0 Å². The van der Waals surface area contributed by atoms with Crippen LogP contribution in [-0.2, 0) is 9.53 Å². The summed E-state index contributed by atoms with van der Waals surface area (Å²) >= 11 is 0. The highest BCUT2D eigenvalue weighted by atomic mass is 16.6. The zero-order valence-electron chi connectivity index (χ0n) is 15.4. The van der Waals surface area contributed by atoms with Crippen LogP contribution in [0.5, 0.6) is 0 Å². The van der Waals surface area contributed by atoms with Gasteiger partial charge in [0.25, 0.3) is 0 Å². The van der Waals surface area contributed by atoms with Crippen LogP contribution in [0.15, 0.2) is 0 Å². The highest BCUT2D eigenvalue weighted by Gasteiger charge is 2.56. The molecule has 0 aromatic carbocycles. The van der Waals surface area contributed by atoms with Gasteiger partial charge < -0.3 is 4.74 Å². The monoisotopic (exact) mass is 318 g/mol. The van der Waals surface area contributed by atoms with Crippen molar-refractivity contribution in [3.05, 3.63) is 0 Å². The lowest BCUT2D eigenvalue weighted by molar-refractivity contribution is -0.168. The van der Waals surface area contributed by atoms with Gasteiger partial charge in [-0.15, -0.1) is 0 Å². The Kier molecular flexibility index (Phi) is 3.63. The van der Waals surface area contributed by atoms with Crippen LogP contribution in [0.2, 0.25) is 0 Å². The number of rotatable bonds is 4. The van der Waals surface area contributed by atoms with Gasteiger partial charge in [-0.3, -0.25) is 4.79 Å². The minimum atomic E-state index is -0.0968. The third-order valence-electron chi connectivity index (χ3n) is 8.83. The minimum Gasteiger partial charge on any atom is -0.459 e. The van der Waals surface area contributed by atoms with Gasteiger partial charge in [0.2, 0.25) is 0 Å². The van der Waals surface area contributed by atoms with Crippen LogP contribution in [0.4, 0.5) is 0 Å². The van der Waals surface area contributed by atoms with Gasteiger partial charge in [0.1, 0.15) is 5.60 Å². The molecule has 4 rings (SSSR count). The maximum atomic E-state index is 12.7. The van der Waals surface area contributed by atoms with E-state index in [2.05, 4.69) is 27.7 Å². The predicted octanol–water partition coefficient (Wildman–Crippen LogP) is 5.21. The first kappa shape index (κ1) is 16.0. The van der Waals surface area contributed by atoms with E-state index >= 15 is 0 Å². The summed E-state index contributed by atoms with van der Waals surface area (Å²) in [6.45, 7) is 9.48. The highest BCUT2D eigenvalue weighted by molar-refractivity contribution is 5.70. The van der Waals surface area contributed by atoms with Crippen LogP contribution < -0.4 is 0 Å². The number of ether oxygens (including phenoxy) is 1. The third-order valence-corrected chi connectivity index (χ3v) is 8.83. The Labute approximate surface area is 141 Å². The summed E-state index contributed by atoms with van der Waals surface area (Å²) < 4.78 is 6.21. The maximum Gasteiger partial charge on any atom is 0.306 e. The molecule has 0 aromatic heterocycles. The number of carbonyl (C=O) groups excluding carboxylic acids is 1. The number of hydrogen-bond donors (Lipinski definition) is 0. The average molecular weight is 319 g/mol. The molecule has 4 aliphatic carbocycles. The molecule has 0 heterocycles. The molecule has 130 valence electrons. The van der Waals surface area contributed by atoms with Crippen LogP contribution in [0, 0.1) is 40.9 Å². The van der Waals surface area contributed by atoms with Gasteiger partial charge in [0.15, 0.2) is 0 Å². The minimum absolute atomic E-state index is 0.0968. The Morgan fingerprint density at radius 1 is 1.17 bits per heavy atom. The molecule has 4 bridgehead atoms. The second kappa shape index (κ2) is 5.23. The Morgan fingerprint density at radius 3 is 2.48 bits per heavy atom. The van der Waals surface area contributed by atoms with Crippen molar-refractivity contribution < 1.29 is 9.53 Å². The Hall–Kier alpha value is -0.530. The van der Waals surface area contributed by atoms with Gasteiger partial charge in [-0.25, -0.2) is 0 Å². The van der Waals surface area contributed by atoms with Crippen molar-refractivity contribution in [3.8, 4) is 0 Å². The van der Waals surface area contributed by atoms with Crippen molar-refractivity contribution >= 4 is 5.97 Å². The zero-order chi connectivity index (χ0) is 16.4. The maximum absolute atomic E-state index is 12.7. The predicted molar refractivity (Wildman–Crippen MR) is 91.8 cm³/mol. The lowest BCUT2D eigenvalue weighted by Crippen LogP contribution is -2.41. The van der Waals surface area contributed by atoms with E-state index < -0.39 is 0 Å². The van der Waals surface area contributed by atoms with Crippen LogP contribution in [0.3, 0.4) is 0 Å². The Balaban J connectivity index is 1.40. The Bertz CT molecular complexity index is 496. The molecular formula is C21H34O2. The number of hydrogen-bond acceptors (Lipinski definition) is 2. The molecule has 7 atom stereocenters. The molecule has 0 N–H and O–H groups in total. The van der Waals surface area contributed by atoms with E-state index in [1.54, 1.807) is 0 Å². The molecule has 0 aliphatic heterocycles. The fourth-order valence-electron chi connectivity index (χ4n) is 7.16. The fourth-order valence-corrected chi connectivity index (χ4v) is 7.16. The number of carbonyl (C=O) groups is 1. The van der Waals surface area contributed by atoms with Gasteiger partial charge in [-0.1, -0.05) is 27.7 Å². The van der Waals surface area contributed by atoms with E-state index in [-0.39, 0.29) is 11.6 Å². The molecule has 0 spiro atoms. The number of esters is 1. The summed E-state index contributed by atoms with van der Waals surface area (Å²) in [5.41, 5.74) is 0.309. The van der Waals surface area contributed by atoms with Crippen LogP contribution >= 0.6 is 0 Å². The molecule has 0 radical (unpaired) electrons. The normalized spacial score (nSPS) is 49.7. The first-order valence-electron chi connectivity index (χ1n) is 10.1. The van der Waals surface area contributed by atoms with E-state index in [0.717, 1.165) is 36.5 Å². The van der Waals surface area contributed by atoms with Gasteiger partial charge in [-0.2, -0.15) is 0 Å². The molecule has 0 saturated heterocycles. The van der Waals surface area contributed by atoms with Gasteiger partial charge in [0, 0.05) is 6.42 Å². The first-order chi connectivity index (χ1) is 10.9. The number of fused-ring (bicyclic) bond motifs is 4. The van der Waals surface area contributed by atoms with Gasteiger partial charge >= 0.3 is 5.97 Å². The molecule has 4 saturated carbocycles. The van der Waals surface area contributed by atoms with Crippen LogP contribution in [-0.4, -0.2) is 11.6 Å².